The second-order valence-corrected chi connectivity index (χ2v) is 7.67. The molecule has 0 aliphatic carbocycles. The van der Waals surface area contributed by atoms with E-state index in [4.69, 9.17) is 15.7 Å². The number of rotatable bonds is 6. The monoisotopic (exact) mass is 311 g/mol. The van der Waals surface area contributed by atoms with Crippen molar-refractivity contribution >= 4 is 27.6 Å². The van der Waals surface area contributed by atoms with Gasteiger partial charge in [0.15, 0.2) is 5.84 Å². The van der Waals surface area contributed by atoms with Gasteiger partial charge in [-0.3, -0.25) is 0 Å². The molecule has 0 aromatic rings. The molecule has 0 unspecified atom stereocenters. The van der Waals surface area contributed by atoms with Gasteiger partial charge < -0.3 is 15.7 Å². The molecule has 3 N–H and O–H groups in total. The van der Waals surface area contributed by atoms with Crippen LogP contribution in [0.5, 0.6) is 0 Å². The first kappa shape index (κ1) is 16.5. The molecule has 1 rings (SSSR count). The van der Waals surface area contributed by atoms with Gasteiger partial charge in [0.1, 0.15) is 0 Å². The number of ether oxygens (including phenoxy) is 1. The molecule has 0 spiro atoms. The molecule has 0 radical (unpaired) electrons. The summed E-state index contributed by atoms with van der Waals surface area (Å²) < 4.78 is 29.8. The summed E-state index contributed by atoms with van der Waals surface area (Å²) >= 11 is 1.49. The Hall–Kier alpha value is -0.510. The van der Waals surface area contributed by atoms with Crippen LogP contribution in [0.25, 0.3) is 0 Å². The number of piperidine rings is 1. The van der Waals surface area contributed by atoms with Crippen LogP contribution in [0.2, 0.25) is 0 Å². The van der Waals surface area contributed by atoms with E-state index in [1.807, 2.05) is 6.26 Å². The third-order valence-electron chi connectivity index (χ3n) is 3.43. The van der Waals surface area contributed by atoms with Crippen molar-refractivity contribution in [1.29, 1.82) is 0 Å². The van der Waals surface area contributed by atoms with Gasteiger partial charge in [0.05, 0.1) is 17.1 Å². The Kier molecular flexibility index (Phi) is 5.90. The van der Waals surface area contributed by atoms with E-state index in [0.29, 0.717) is 25.9 Å². The Labute approximate surface area is 118 Å². The van der Waals surface area contributed by atoms with E-state index in [-0.39, 0.29) is 18.2 Å². The fraction of sp³-hybridized carbons (Fsp3) is 0.900. The highest BCUT2D eigenvalue weighted by Crippen LogP contribution is 2.35. The van der Waals surface area contributed by atoms with Crippen LogP contribution in [-0.2, 0) is 14.8 Å². The molecule has 0 atom stereocenters. The summed E-state index contributed by atoms with van der Waals surface area (Å²) in [6.07, 6.45) is 2.96. The Balaban J connectivity index is 2.71. The lowest BCUT2D eigenvalue weighted by Crippen LogP contribution is -2.51. The molecule has 0 amide bonds. The normalized spacial score (nSPS) is 21.5. The Morgan fingerprint density at radius 2 is 2.11 bits per heavy atom. The van der Waals surface area contributed by atoms with Crippen LogP contribution in [0.1, 0.15) is 12.8 Å². The molecule has 9 heteroatoms. The van der Waals surface area contributed by atoms with Crippen molar-refractivity contribution in [1.82, 2.24) is 4.31 Å². The van der Waals surface area contributed by atoms with Gasteiger partial charge in [0.25, 0.3) is 0 Å². The van der Waals surface area contributed by atoms with Crippen molar-refractivity contribution < 1.29 is 18.4 Å². The van der Waals surface area contributed by atoms with Crippen molar-refractivity contribution in [2.45, 2.75) is 17.6 Å². The summed E-state index contributed by atoms with van der Waals surface area (Å²) in [5.41, 5.74) is 5.72. The molecule has 0 saturated carbocycles. The summed E-state index contributed by atoms with van der Waals surface area (Å²) in [6, 6.07) is 0. The van der Waals surface area contributed by atoms with Gasteiger partial charge in [-0.15, -0.1) is 0 Å². The fourth-order valence-corrected chi connectivity index (χ4v) is 4.31. The van der Waals surface area contributed by atoms with E-state index in [1.54, 1.807) is 0 Å². The van der Waals surface area contributed by atoms with Gasteiger partial charge in [0.2, 0.25) is 10.0 Å². The smallest absolute Gasteiger partial charge is 0.216 e. The lowest BCUT2D eigenvalue weighted by Gasteiger charge is -2.39. The topological polar surface area (TPSA) is 105 Å². The molecule has 1 aliphatic rings. The van der Waals surface area contributed by atoms with Crippen LogP contribution < -0.4 is 5.73 Å². The second-order valence-electron chi connectivity index (χ2n) is 4.39. The lowest BCUT2D eigenvalue weighted by atomic mass is 9.96. The summed E-state index contributed by atoms with van der Waals surface area (Å²) in [6.45, 7) is 0.943. The zero-order chi connectivity index (χ0) is 14.5. The molecule has 1 fully saturated rings. The second kappa shape index (κ2) is 6.78. The Morgan fingerprint density at radius 3 is 2.53 bits per heavy atom. The number of hydrogen-bond acceptors (Lipinski definition) is 6. The largest absolute Gasteiger partial charge is 0.409 e. The molecule has 0 aromatic heterocycles. The fourth-order valence-electron chi connectivity index (χ4n) is 2.10. The van der Waals surface area contributed by atoms with Crippen LogP contribution in [0.3, 0.4) is 0 Å². The van der Waals surface area contributed by atoms with Crippen LogP contribution in [-0.4, -0.2) is 67.3 Å². The minimum Gasteiger partial charge on any atom is -0.409 e. The highest BCUT2D eigenvalue weighted by atomic mass is 32.2. The minimum atomic E-state index is -3.28. The van der Waals surface area contributed by atoms with Gasteiger partial charge in [-0.2, -0.15) is 11.8 Å². The maximum Gasteiger partial charge on any atom is 0.216 e. The quantitative estimate of drug-likeness (QED) is 0.307. The maximum absolute atomic E-state index is 12.0. The zero-order valence-electron chi connectivity index (χ0n) is 11.2. The summed E-state index contributed by atoms with van der Waals surface area (Å²) in [5, 5.41) is 11.9. The first-order chi connectivity index (χ1) is 8.91. The van der Waals surface area contributed by atoms with Crippen molar-refractivity contribution in [3.05, 3.63) is 0 Å². The van der Waals surface area contributed by atoms with Gasteiger partial charge in [0, 0.05) is 20.2 Å². The van der Waals surface area contributed by atoms with Crippen molar-refractivity contribution in [3.8, 4) is 0 Å². The maximum atomic E-state index is 12.0. The number of amidine groups is 1. The van der Waals surface area contributed by atoms with Crippen molar-refractivity contribution in [2.24, 2.45) is 10.9 Å². The first-order valence-electron chi connectivity index (χ1n) is 5.92. The number of nitrogens with zero attached hydrogens (tertiary/aromatic N) is 2. The van der Waals surface area contributed by atoms with Gasteiger partial charge >= 0.3 is 0 Å². The van der Waals surface area contributed by atoms with Crippen LogP contribution in [0.15, 0.2) is 5.16 Å². The number of oxime groups is 1. The van der Waals surface area contributed by atoms with E-state index >= 15 is 0 Å². The standard InChI is InChI=1S/C10H21N3O4S2/c1-17-7-8-19(15,16)13-5-3-10(18-2,4-6-13)9(11)12-14/h14H,3-8H2,1-2H3,(H2,11,12). The third-order valence-corrected chi connectivity index (χ3v) is 6.67. The molecule has 1 aliphatic heterocycles. The highest BCUT2D eigenvalue weighted by molar-refractivity contribution is 8.00. The number of sulfonamides is 1. The lowest BCUT2D eigenvalue weighted by molar-refractivity contribution is 0.214. The van der Waals surface area contributed by atoms with E-state index in [0.717, 1.165) is 0 Å². The molecule has 1 heterocycles. The average molecular weight is 311 g/mol. The summed E-state index contributed by atoms with van der Waals surface area (Å²) in [5.74, 6) is 0.147. The predicted octanol–water partition coefficient (Wildman–Crippen LogP) is -0.0934. The van der Waals surface area contributed by atoms with Crippen LogP contribution in [0, 0.1) is 0 Å². The molecular formula is C10H21N3O4S2. The molecular weight excluding hydrogens is 290 g/mol. The van der Waals surface area contributed by atoms with Gasteiger partial charge in [-0.25, -0.2) is 12.7 Å². The van der Waals surface area contributed by atoms with Gasteiger partial charge in [-0.1, -0.05) is 5.16 Å². The van der Waals surface area contributed by atoms with Gasteiger partial charge in [-0.05, 0) is 19.1 Å². The first-order valence-corrected chi connectivity index (χ1v) is 8.75. The molecule has 112 valence electrons. The summed E-state index contributed by atoms with van der Waals surface area (Å²) in [4.78, 5) is 0. The molecule has 1 saturated heterocycles. The van der Waals surface area contributed by atoms with E-state index < -0.39 is 14.8 Å². The average Bonchev–Trinajstić information content (AvgIpc) is 2.44. The SMILES string of the molecule is COCCS(=O)(=O)N1CCC(SC)(C(N)=NO)CC1. The molecule has 0 bridgehead atoms. The van der Waals surface area contributed by atoms with E-state index in [2.05, 4.69) is 5.16 Å². The molecule has 7 nitrogen and oxygen atoms in total. The third kappa shape index (κ3) is 3.74. The zero-order valence-corrected chi connectivity index (χ0v) is 12.8. The number of nitrogens with two attached hydrogens (primary N) is 1. The molecule has 0 aromatic carbocycles. The Morgan fingerprint density at radius 1 is 1.53 bits per heavy atom. The van der Waals surface area contributed by atoms with Crippen LogP contribution >= 0.6 is 11.8 Å². The highest BCUT2D eigenvalue weighted by Gasteiger charge is 2.40. The van der Waals surface area contributed by atoms with Crippen molar-refractivity contribution in [3.63, 3.8) is 0 Å². The van der Waals surface area contributed by atoms with Crippen LogP contribution in [0.4, 0.5) is 0 Å². The Bertz CT molecular complexity index is 416. The van der Waals surface area contributed by atoms with E-state index in [1.165, 1.54) is 23.2 Å². The minimum absolute atomic E-state index is 0.0145. The van der Waals surface area contributed by atoms with Crippen molar-refractivity contribution in [2.75, 3.05) is 38.8 Å². The number of hydrogen-bond donors (Lipinski definition) is 2. The van der Waals surface area contributed by atoms with E-state index in [9.17, 15) is 8.42 Å². The number of methoxy groups -OCH3 is 1. The predicted molar refractivity (Wildman–Crippen MR) is 76.1 cm³/mol. The number of thioether (sulfide) groups is 1. The molecule has 19 heavy (non-hydrogen) atoms. The summed E-state index contributed by atoms with van der Waals surface area (Å²) in [7, 11) is -1.81.